The summed E-state index contributed by atoms with van der Waals surface area (Å²) in [5.41, 5.74) is 5.70. The second-order valence-electron chi connectivity index (χ2n) is 12.4. The maximum Gasteiger partial charge on any atom is 0.0554 e. The number of aliphatic hydroxyl groups is 1. The Morgan fingerprint density at radius 1 is 0.405 bits per heavy atom. The first-order valence-electron chi connectivity index (χ1n) is 17.6. The minimum absolute atomic E-state index is 0.182. The van der Waals surface area contributed by atoms with Gasteiger partial charge in [0.15, 0.2) is 0 Å². The molecule has 0 rings (SSSR count). The lowest BCUT2D eigenvalue weighted by Crippen LogP contribution is -2.18. The maximum absolute atomic E-state index is 10.3. The summed E-state index contributed by atoms with van der Waals surface area (Å²) in [5, 5.41) is 10.3. The predicted molar refractivity (Wildman–Crippen MR) is 168 cm³/mol. The smallest absolute Gasteiger partial charge is 0.0554 e. The van der Waals surface area contributed by atoms with Crippen molar-refractivity contribution in [3.63, 3.8) is 0 Å². The van der Waals surface area contributed by atoms with Crippen LogP contribution in [0.25, 0.3) is 0 Å². The van der Waals surface area contributed by atoms with Crippen LogP contribution >= 0.6 is 0 Å². The Labute approximate surface area is 235 Å². The molecule has 0 amide bonds. The van der Waals surface area contributed by atoms with Gasteiger partial charge in [0, 0.05) is 0 Å². The monoisotopic (exact) mass is 524 g/mol. The largest absolute Gasteiger partial charge is 0.393 e. The fraction of sp³-hybridized carbons (Fsp3) is 1.00. The van der Waals surface area contributed by atoms with Gasteiger partial charge in [0.25, 0.3) is 0 Å². The summed E-state index contributed by atoms with van der Waals surface area (Å²) in [4.78, 5) is 0. The number of hydrogen-bond acceptors (Lipinski definition) is 2. The average molecular weight is 524 g/mol. The summed E-state index contributed by atoms with van der Waals surface area (Å²) in [7, 11) is 0. The van der Waals surface area contributed by atoms with Crippen LogP contribution in [0.1, 0.15) is 206 Å². The molecule has 0 aliphatic heterocycles. The van der Waals surface area contributed by atoms with E-state index in [1.807, 2.05) is 0 Å². The Balaban J connectivity index is 3.69. The van der Waals surface area contributed by atoms with Gasteiger partial charge in [-0.2, -0.15) is 0 Å². The molecular formula is C35H73NO. The van der Waals surface area contributed by atoms with Crippen molar-refractivity contribution in [1.29, 1.82) is 0 Å². The summed E-state index contributed by atoms with van der Waals surface area (Å²) in [5.74, 6) is 0.710. The Morgan fingerprint density at radius 2 is 0.676 bits per heavy atom. The Hall–Kier alpha value is -0.0800. The van der Waals surface area contributed by atoms with Crippen molar-refractivity contribution < 1.29 is 5.11 Å². The van der Waals surface area contributed by atoms with Gasteiger partial charge in [-0.1, -0.05) is 194 Å². The molecule has 0 saturated heterocycles. The first-order chi connectivity index (χ1) is 18.2. The molecule has 0 radical (unpaired) electrons. The van der Waals surface area contributed by atoms with Crippen LogP contribution in [0.5, 0.6) is 0 Å². The highest BCUT2D eigenvalue weighted by molar-refractivity contribution is 4.67. The van der Waals surface area contributed by atoms with Crippen LogP contribution in [0.2, 0.25) is 0 Å². The van der Waals surface area contributed by atoms with E-state index in [0.29, 0.717) is 12.5 Å². The number of nitrogens with two attached hydrogens (primary N) is 1. The minimum atomic E-state index is -0.182. The third-order valence-corrected chi connectivity index (χ3v) is 8.54. The molecule has 224 valence electrons. The van der Waals surface area contributed by atoms with Crippen molar-refractivity contribution >= 4 is 0 Å². The molecule has 37 heavy (non-hydrogen) atoms. The van der Waals surface area contributed by atoms with Crippen molar-refractivity contribution in [2.45, 2.75) is 213 Å². The predicted octanol–water partition coefficient (Wildman–Crippen LogP) is 11.7. The lowest BCUT2D eigenvalue weighted by Gasteiger charge is -2.20. The summed E-state index contributed by atoms with van der Waals surface area (Å²) < 4.78 is 0. The summed E-state index contributed by atoms with van der Waals surface area (Å²) in [6.07, 6.45) is 41.2. The van der Waals surface area contributed by atoms with E-state index in [1.165, 1.54) is 180 Å². The van der Waals surface area contributed by atoms with Crippen LogP contribution < -0.4 is 5.73 Å². The SMILES string of the molecule is CCCCCCCCCCCCCCCCC(CCCCCCCCCCCCCC)CC(O)CCN. The molecule has 2 unspecified atom stereocenters. The van der Waals surface area contributed by atoms with E-state index in [-0.39, 0.29) is 6.10 Å². The van der Waals surface area contributed by atoms with Gasteiger partial charge in [-0.25, -0.2) is 0 Å². The second kappa shape index (κ2) is 32.1. The molecule has 2 nitrogen and oxygen atoms in total. The van der Waals surface area contributed by atoms with Crippen LogP contribution in [-0.2, 0) is 0 Å². The van der Waals surface area contributed by atoms with Gasteiger partial charge in [-0.3, -0.25) is 0 Å². The van der Waals surface area contributed by atoms with Gasteiger partial charge in [-0.05, 0) is 25.3 Å². The van der Waals surface area contributed by atoms with E-state index < -0.39 is 0 Å². The summed E-state index contributed by atoms with van der Waals surface area (Å²) >= 11 is 0. The van der Waals surface area contributed by atoms with E-state index in [9.17, 15) is 5.11 Å². The Bertz CT molecular complexity index is 399. The van der Waals surface area contributed by atoms with Crippen molar-refractivity contribution in [1.82, 2.24) is 0 Å². The molecule has 0 heterocycles. The van der Waals surface area contributed by atoms with Gasteiger partial charge < -0.3 is 10.8 Å². The molecule has 0 saturated carbocycles. The van der Waals surface area contributed by atoms with Gasteiger partial charge in [-0.15, -0.1) is 0 Å². The molecule has 0 aromatic heterocycles. The molecule has 0 bridgehead atoms. The highest BCUT2D eigenvalue weighted by atomic mass is 16.3. The zero-order valence-electron chi connectivity index (χ0n) is 26.1. The molecular weight excluding hydrogens is 450 g/mol. The Kier molecular flexibility index (Phi) is 32.1. The molecule has 3 N–H and O–H groups in total. The second-order valence-corrected chi connectivity index (χ2v) is 12.4. The zero-order valence-corrected chi connectivity index (χ0v) is 26.1. The van der Waals surface area contributed by atoms with E-state index in [1.54, 1.807) is 0 Å². The average Bonchev–Trinajstić information content (AvgIpc) is 2.89. The van der Waals surface area contributed by atoms with E-state index >= 15 is 0 Å². The van der Waals surface area contributed by atoms with E-state index in [4.69, 9.17) is 5.73 Å². The molecule has 0 aromatic carbocycles. The first kappa shape index (κ1) is 36.9. The normalized spacial score (nSPS) is 13.3. The number of rotatable bonds is 32. The van der Waals surface area contributed by atoms with Gasteiger partial charge in [0.2, 0.25) is 0 Å². The Morgan fingerprint density at radius 3 is 0.946 bits per heavy atom. The highest BCUT2D eigenvalue weighted by Crippen LogP contribution is 2.24. The molecule has 2 atom stereocenters. The van der Waals surface area contributed by atoms with Crippen molar-refractivity contribution in [2.75, 3.05) is 6.54 Å². The third-order valence-electron chi connectivity index (χ3n) is 8.54. The molecule has 0 aliphatic rings. The van der Waals surface area contributed by atoms with Gasteiger partial charge in [0.1, 0.15) is 0 Å². The molecule has 0 aliphatic carbocycles. The molecule has 0 spiro atoms. The maximum atomic E-state index is 10.3. The number of aliphatic hydroxyl groups excluding tert-OH is 1. The minimum Gasteiger partial charge on any atom is -0.393 e. The van der Waals surface area contributed by atoms with Gasteiger partial charge in [0.05, 0.1) is 6.10 Å². The standard InChI is InChI=1S/C35H73NO/c1-3-5-7-9-11-13-15-17-18-20-22-24-26-28-30-34(33-35(37)31-32-36)29-27-25-23-21-19-16-14-12-10-8-6-4-2/h34-35,37H,3-33,36H2,1-2H3. The molecule has 0 fully saturated rings. The first-order valence-corrected chi connectivity index (χ1v) is 17.6. The third kappa shape index (κ3) is 30.3. The van der Waals surface area contributed by atoms with Crippen molar-refractivity contribution in [2.24, 2.45) is 11.7 Å². The van der Waals surface area contributed by atoms with Crippen LogP contribution in [0.15, 0.2) is 0 Å². The fourth-order valence-corrected chi connectivity index (χ4v) is 5.98. The van der Waals surface area contributed by atoms with Crippen molar-refractivity contribution in [3.05, 3.63) is 0 Å². The van der Waals surface area contributed by atoms with Crippen LogP contribution in [0.4, 0.5) is 0 Å². The summed E-state index contributed by atoms with van der Waals surface area (Å²) in [6, 6.07) is 0. The molecule has 2 heteroatoms. The number of unbranched alkanes of at least 4 members (excludes halogenated alkanes) is 24. The van der Waals surface area contributed by atoms with Gasteiger partial charge >= 0.3 is 0 Å². The van der Waals surface area contributed by atoms with E-state index in [0.717, 1.165) is 12.8 Å². The van der Waals surface area contributed by atoms with E-state index in [2.05, 4.69) is 13.8 Å². The lowest BCUT2D eigenvalue weighted by molar-refractivity contribution is 0.128. The lowest BCUT2D eigenvalue weighted by atomic mass is 9.88. The molecule has 0 aromatic rings. The summed E-state index contributed by atoms with van der Waals surface area (Å²) in [6.45, 7) is 5.21. The quantitative estimate of drug-likeness (QED) is 0.0861. The topological polar surface area (TPSA) is 46.2 Å². The highest BCUT2D eigenvalue weighted by Gasteiger charge is 2.14. The van der Waals surface area contributed by atoms with Crippen molar-refractivity contribution in [3.8, 4) is 0 Å². The van der Waals surface area contributed by atoms with Crippen LogP contribution in [0, 0.1) is 5.92 Å². The van der Waals surface area contributed by atoms with Crippen LogP contribution in [-0.4, -0.2) is 17.8 Å². The number of hydrogen-bond donors (Lipinski definition) is 2. The van der Waals surface area contributed by atoms with Crippen LogP contribution in [0.3, 0.4) is 0 Å². The zero-order chi connectivity index (χ0) is 27.1. The fourth-order valence-electron chi connectivity index (χ4n) is 5.98.